The number of hydrogen-bond acceptors (Lipinski definition) is 4. The van der Waals surface area contributed by atoms with Crippen LogP contribution in [0.15, 0.2) is 12.3 Å². The summed E-state index contributed by atoms with van der Waals surface area (Å²) < 4.78 is 0. The van der Waals surface area contributed by atoms with E-state index in [1.165, 1.54) is 12.8 Å². The van der Waals surface area contributed by atoms with E-state index in [-0.39, 0.29) is 0 Å². The van der Waals surface area contributed by atoms with Gasteiger partial charge in [-0.25, -0.2) is 4.98 Å². The van der Waals surface area contributed by atoms with Gasteiger partial charge in [-0.3, -0.25) is 0 Å². The second-order valence-corrected chi connectivity index (χ2v) is 3.21. The Kier molecular flexibility index (Phi) is 2.29. The molecule has 2 rings (SSSR count). The Balaban J connectivity index is 2.02. The van der Waals surface area contributed by atoms with Crippen LogP contribution in [0.4, 0.5) is 11.8 Å². The summed E-state index contributed by atoms with van der Waals surface area (Å²) in [5.41, 5.74) is 0. The highest BCUT2D eigenvalue weighted by molar-refractivity contribution is 5.41. The van der Waals surface area contributed by atoms with Gasteiger partial charge in [0.15, 0.2) is 0 Å². The highest BCUT2D eigenvalue weighted by Crippen LogP contribution is 2.23. The molecule has 1 fully saturated rings. The topological polar surface area (TPSA) is 49.8 Å². The molecule has 13 heavy (non-hydrogen) atoms. The molecule has 1 aromatic heterocycles. The van der Waals surface area contributed by atoms with Crippen molar-refractivity contribution in [3.63, 3.8) is 0 Å². The SMILES string of the molecule is CCNc1nccc(NC2CC2)n1. The molecule has 1 heterocycles. The van der Waals surface area contributed by atoms with E-state index in [9.17, 15) is 0 Å². The van der Waals surface area contributed by atoms with E-state index < -0.39 is 0 Å². The van der Waals surface area contributed by atoms with Gasteiger partial charge in [0.1, 0.15) is 5.82 Å². The standard InChI is InChI=1S/C9H14N4/c1-2-10-9-11-6-5-8(13-9)12-7-3-4-7/h5-7H,2-4H2,1H3,(H2,10,11,12,13). The number of nitrogens with zero attached hydrogens (tertiary/aromatic N) is 2. The summed E-state index contributed by atoms with van der Waals surface area (Å²) in [5, 5.41) is 6.40. The first-order chi connectivity index (χ1) is 6.38. The summed E-state index contributed by atoms with van der Waals surface area (Å²) in [6.45, 7) is 2.89. The minimum absolute atomic E-state index is 0.643. The van der Waals surface area contributed by atoms with Crippen molar-refractivity contribution in [3.05, 3.63) is 12.3 Å². The minimum Gasteiger partial charge on any atom is -0.367 e. The van der Waals surface area contributed by atoms with Crippen molar-refractivity contribution in [2.45, 2.75) is 25.8 Å². The normalized spacial score (nSPS) is 15.5. The fraction of sp³-hybridized carbons (Fsp3) is 0.556. The lowest BCUT2D eigenvalue weighted by molar-refractivity contribution is 1.05. The summed E-state index contributed by atoms with van der Waals surface area (Å²) in [6.07, 6.45) is 4.30. The lowest BCUT2D eigenvalue weighted by Crippen LogP contribution is -2.07. The molecule has 0 saturated heterocycles. The highest BCUT2D eigenvalue weighted by Gasteiger charge is 2.21. The first-order valence-corrected chi connectivity index (χ1v) is 4.72. The van der Waals surface area contributed by atoms with Gasteiger partial charge in [0.25, 0.3) is 0 Å². The van der Waals surface area contributed by atoms with Crippen LogP contribution in [0.5, 0.6) is 0 Å². The molecule has 0 unspecified atom stereocenters. The van der Waals surface area contributed by atoms with Crippen LogP contribution in [0.25, 0.3) is 0 Å². The lowest BCUT2D eigenvalue weighted by atomic mass is 10.5. The molecule has 0 bridgehead atoms. The molecule has 0 radical (unpaired) electrons. The molecule has 1 aliphatic rings. The monoisotopic (exact) mass is 178 g/mol. The Bertz CT molecular complexity index is 283. The van der Waals surface area contributed by atoms with Crippen LogP contribution in [-0.4, -0.2) is 22.6 Å². The summed E-state index contributed by atoms with van der Waals surface area (Å²) in [7, 11) is 0. The molecule has 0 atom stereocenters. The van der Waals surface area contributed by atoms with Crippen molar-refractivity contribution in [1.82, 2.24) is 9.97 Å². The number of anilines is 2. The van der Waals surface area contributed by atoms with E-state index in [4.69, 9.17) is 0 Å². The van der Waals surface area contributed by atoms with Crippen molar-refractivity contribution in [2.75, 3.05) is 17.2 Å². The molecular weight excluding hydrogens is 164 g/mol. The van der Waals surface area contributed by atoms with Crippen LogP contribution < -0.4 is 10.6 Å². The Morgan fingerprint density at radius 2 is 2.38 bits per heavy atom. The summed E-state index contributed by atoms with van der Waals surface area (Å²) in [4.78, 5) is 8.40. The quantitative estimate of drug-likeness (QED) is 0.733. The van der Waals surface area contributed by atoms with Gasteiger partial charge >= 0.3 is 0 Å². The Morgan fingerprint density at radius 3 is 3.08 bits per heavy atom. The molecule has 4 heteroatoms. The predicted molar refractivity (Wildman–Crippen MR) is 52.8 cm³/mol. The molecule has 1 aliphatic carbocycles. The molecule has 70 valence electrons. The number of hydrogen-bond donors (Lipinski definition) is 2. The van der Waals surface area contributed by atoms with Crippen molar-refractivity contribution in [3.8, 4) is 0 Å². The Hall–Kier alpha value is -1.32. The van der Waals surface area contributed by atoms with Crippen molar-refractivity contribution >= 4 is 11.8 Å². The van der Waals surface area contributed by atoms with Gasteiger partial charge in [-0.05, 0) is 25.8 Å². The molecule has 0 amide bonds. The number of rotatable bonds is 4. The summed E-state index contributed by atoms with van der Waals surface area (Å²) >= 11 is 0. The highest BCUT2D eigenvalue weighted by atomic mass is 15.1. The maximum absolute atomic E-state index is 4.31. The van der Waals surface area contributed by atoms with Gasteiger partial charge in [-0.2, -0.15) is 4.98 Å². The van der Waals surface area contributed by atoms with Gasteiger partial charge in [-0.15, -0.1) is 0 Å². The van der Waals surface area contributed by atoms with Gasteiger partial charge in [0, 0.05) is 18.8 Å². The second-order valence-electron chi connectivity index (χ2n) is 3.21. The molecule has 2 N–H and O–H groups in total. The predicted octanol–water partition coefficient (Wildman–Crippen LogP) is 1.48. The second kappa shape index (κ2) is 3.60. The van der Waals surface area contributed by atoms with E-state index in [2.05, 4.69) is 20.6 Å². The fourth-order valence-electron chi connectivity index (χ4n) is 1.12. The molecule has 1 aromatic rings. The lowest BCUT2D eigenvalue weighted by Gasteiger charge is -2.05. The first-order valence-electron chi connectivity index (χ1n) is 4.72. The van der Waals surface area contributed by atoms with Crippen LogP contribution in [0.3, 0.4) is 0 Å². The van der Waals surface area contributed by atoms with E-state index in [1.54, 1.807) is 6.20 Å². The Morgan fingerprint density at radius 1 is 1.54 bits per heavy atom. The minimum atomic E-state index is 0.643. The van der Waals surface area contributed by atoms with Gasteiger partial charge in [0.2, 0.25) is 5.95 Å². The maximum atomic E-state index is 4.31. The van der Waals surface area contributed by atoms with Gasteiger partial charge in [0.05, 0.1) is 0 Å². The van der Waals surface area contributed by atoms with Crippen LogP contribution >= 0.6 is 0 Å². The third-order valence-electron chi connectivity index (χ3n) is 1.92. The van der Waals surface area contributed by atoms with E-state index in [1.807, 2.05) is 13.0 Å². The van der Waals surface area contributed by atoms with Crippen LogP contribution in [-0.2, 0) is 0 Å². The zero-order valence-electron chi connectivity index (χ0n) is 7.75. The zero-order valence-corrected chi connectivity index (χ0v) is 7.75. The molecule has 0 aromatic carbocycles. The average Bonchev–Trinajstić information content (AvgIpc) is 2.90. The number of nitrogens with one attached hydrogen (secondary N) is 2. The smallest absolute Gasteiger partial charge is 0.224 e. The molecule has 4 nitrogen and oxygen atoms in total. The van der Waals surface area contributed by atoms with Crippen molar-refractivity contribution < 1.29 is 0 Å². The van der Waals surface area contributed by atoms with Crippen LogP contribution in [0, 0.1) is 0 Å². The third-order valence-corrected chi connectivity index (χ3v) is 1.92. The van der Waals surface area contributed by atoms with Crippen molar-refractivity contribution in [2.24, 2.45) is 0 Å². The molecule has 0 spiro atoms. The zero-order chi connectivity index (χ0) is 9.10. The summed E-state index contributed by atoms with van der Waals surface area (Å²) in [6, 6.07) is 2.54. The van der Waals surface area contributed by atoms with E-state index >= 15 is 0 Å². The van der Waals surface area contributed by atoms with Crippen molar-refractivity contribution in [1.29, 1.82) is 0 Å². The van der Waals surface area contributed by atoms with Gasteiger partial charge < -0.3 is 10.6 Å². The summed E-state index contributed by atoms with van der Waals surface area (Å²) in [5.74, 6) is 1.63. The number of aromatic nitrogens is 2. The maximum Gasteiger partial charge on any atom is 0.224 e. The van der Waals surface area contributed by atoms with Crippen LogP contribution in [0.1, 0.15) is 19.8 Å². The third kappa shape index (κ3) is 2.31. The first kappa shape index (κ1) is 8.29. The molecular formula is C9H14N4. The molecule has 1 saturated carbocycles. The van der Waals surface area contributed by atoms with E-state index in [0.29, 0.717) is 12.0 Å². The molecule has 0 aliphatic heterocycles. The average molecular weight is 178 g/mol. The largest absolute Gasteiger partial charge is 0.367 e. The van der Waals surface area contributed by atoms with Gasteiger partial charge in [-0.1, -0.05) is 0 Å². The van der Waals surface area contributed by atoms with E-state index in [0.717, 1.165) is 12.4 Å². The Labute approximate surface area is 77.8 Å². The van der Waals surface area contributed by atoms with Crippen LogP contribution in [0.2, 0.25) is 0 Å². The fourth-order valence-corrected chi connectivity index (χ4v) is 1.12.